The summed E-state index contributed by atoms with van der Waals surface area (Å²) in [7, 11) is -3.54. The second kappa shape index (κ2) is 6.48. The van der Waals surface area contributed by atoms with Crippen LogP contribution in [0.2, 0.25) is 0 Å². The Kier molecular flexibility index (Phi) is 4.88. The van der Waals surface area contributed by atoms with Crippen LogP contribution >= 0.6 is 0 Å². The number of hydrogen-bond donors (Lipinski definition) is 1. The second-order valence-corrected chi connectivity index (χ2v) is 6.68. The van der Waals surface area contributed by atoms with Crippen LogP contribution < -0.4 is 0 Å². The summed E-state index contributed by atoms with van der Waals surface area (Å²) >= 11 is 0. The highest BCUT2D eigenvalue weighted by Crippen LogP contribution is 2.17. The summed E-state index contributed by atoms with van der Waals surface area (Å²) in [4.78, 5) is 10.0. The Labute approximate surface area is 122 Å². The van der Waals surface area contributed by atoms with Crippen LogP contribution in [0.5, 0.6) is 0 Å². The molecule has 1 aromatic carbocycles. The molecule has 1 aromatic rings. The minimum Gasteiger partial charge on any atom is -0.394 e. The van der Waals surface area contributed by atoms with Gasteiger partial charge >= 0.3 is 0 Å². The molecule has 1 heterocycles. The van der Waals surface area contributed by atoms with E-state index in [-0.39, 0.29) is 37.7 Å². The van der Waals surface area contributed by atoms with Crippen LogP contribution in [0.15, 0.2) is 24.3 Å². The number of nitro groups is 1. The molecule has 9 heteroatoms. The minimum atomic E-state index is -3.54. The number of morpholine rings is 1. The van der Waals surface area contributed by atoms with E-state index in [0.717, 1.165) is 0 Å². The molecule has 8 nitrogen and oxygen atoms in total. The van der Waals surface area contributed by atoms with Crippen LogP contribution in [-0.2, 0) is 20.5 Å². The molecule has 0 radical (unpaired) electrons. The van der Waals surface area contributed by atoms with Gasteiger partial charge in [-0.05, 0) is 5.56 Å². The zero-order valence-corrected chi connectivity index (χ0v) is 12.0. The lowest BCUT2D eigenvalue weighted by Crippen LogP contribution is -2.47. The van der Waals surface area contributed by atoms with Gasteiger partial charge in [-0.25, -0.2) is 8.42 Å². The standard InChI is InChI=1S/C12H16N2O6S/c15-8-12-7-13(5-6-20-12)21(18,19)9-10-1-3-11(4-2-10)14(16)17/h1-4,12,15H,5-9H2. The quantitative estimate of drug-likeness (QED) is 0.610. The highest BCUT2D eigenvalue weighted by Gasteiger charge is 2.29. The van der Waals surface area contributed by atoms with Gasteiger partial charge in [0.2, 0.25) is 10.0 Å². The third-order valence-electron chi connectivity index (χ3n) is 3.19. The first-order valence-electron chi connectivity index (χ1n) is 6.36. The summed E-state index contributed by atoms with van der Waals surface area (Å²) in [5.74, 6) is -0.233. The monoisotopic (exact) mass is 316 g/mol. The van der Waals surface area contributed by atoms with Gasteiger partial charge in [-0.15, -0.1) is 0 Å². The molecule has 1 N–H and O–H groups in total. The van der Waals surface area contributed by atoms with Crippen molar-refractivity contribution in [3.63, 3.8) is 0 Å². The molecule has 1 atom stereocenters. The van der Waals surface area contributed by atoms with Crippen molar-refractivity contribution in [1.29, 1.82) is 0 Å². The lowest BCUT2D eigenvalue weighted by Gasteiger charge is -2.31. The summed E-state index contributed by atoms with van der Waals surface area (Å²) in [5.41, 5.74) is 0.399. The molecule has 21 heavy (non-hydrogen) atoms. The average molecular weight is 316 g/mol. The number of nitro benzene ring substituents is 1. The van der Waals surface area contributed by atoms with Crippen LogP contribution in [0.3, 0.4) is 0 Å². The van der Waals surface area contributed by atoms with Crippen molar-refractivity contribution in [3.8, 4) is 0 Å². The lowest BCUT2D eigenvalue weighted by molar-refractivity contribution is -0.384. The van der Waals surface area contributed by atoms with E-state index < -0.39 is 21.1 Å². The number of aliphatic hydroxyl groups is 1. The number of ether oxygens (including phenoxy) is 1. The van der Waals surface area contributed by atoms with Crippen molar-refractivity contribution < 1.29 is 23.2 Å². The molecule has 1 aliphatic rings. The van der Waals surface area contributed by atoms with E-state index in [1.807, 2.05) is 0 Å². The summed E-state index contributed by atoms with van der Waals surface area (Å²) in [6.45, 7) is 0.367. The molecule has 1 saturated heterocycles. The molecule has 0 bridgehead atoms. The normalized spacial score (nSPS) is 20.3. The van der Waals surface area contributed by atoms with Crippen LogP contribution in [0, 0.1) is 10.1 Å². The Balaban J connectivity index is 2.08. The van der Waals surface area contributed by atoms with Gasteiger partial charge in [-0.1, -0.05) is 12.1 Å². The van der Waals surface area contributed by atoms with Crippen LogP contribution in [0.25, 0.3) is 0 Å². The number of nitrogens with zero attached hydrogens (tertiary/aromatic N) is 2. The van der Waals surface area contributed by atoms with Crippen molar-refractivity contribution in [3.05, 3.63) is 39.9 Å². The molecule has 2 rings (SSSR count). The molecule has 116 valence electrons. The first-order valence-corrected chi connectivity index (χ1v) is 7.97. The van der Waals surface area contributed by atoms with Crippen LogP contribution in [0.1, 0.15) is 5.56 Å². The minimum absolute atomic E-state index is 0.0807. The SMILES string of the molecule is O=[N+]([O-])c1ccc(CS(=O)(=O)N2CCOC(CO)C2)cc1. The van der Waals surface area contributed by atoms with Gasteiger partial charge in [0.25, 0.3) is 5.69 Å². The molecular weight excluding hydrogens is 300 g/mol. The summed E-state index contributed by atoms with van der Waals surface area (Å²) in [6.07, 6.45) is -0.509. The van der Waals surface area contributed by atoms with Crippen molar-refractivity contribution >= 4 is 15.7 Å². The van der Waals surface area contributed by atoms with Gasteiger partial charge in [0, 0.05) is 25.2 Å². The van der Waals surface area contributed by atoms with Crippen molar-refractivity contribution in [2.24, 2.45) is 0 Å². The third kappa shape index (κ3) is 3.97. The molecular formula is C12H16N2O6S. The van der Waals surface area contributed by atoms with E-state index in [1.54, 1.807) is 0 Å². The van der Waals surface area contributed by atoms with E-state index in [2.05, 4.69) is 0 Å². The predicted octanol–water partition coefficient (Wildman–Crippen LogP) is 0.118. The molecule has 0 saturated carbocycles. The Morgan fingerprint density at radius 1 is 1.38 bits per heavy atom. The summed E-state index contributed by atoms with van der Waals surface area (Å²) < 4.78 is 31.1. The lowest BCUT2D eigenvalue weighted by atomic mass is 10.2. The Morgan fingerprint density at radius 2 is 2.05 bits per heavy atom. The van der Waals surface area contributed by atoms with Gasteiger partial charge in [0.1, 0.15) is 0 Å². The number of non-ortho nitro benzene ring substituents is 1. The molecule has 1 aliphatic heterocycles. The zero-order valence-electron chi connectivity index (χ0n) is 11.2. The van der Waals surface area contributed by atoms with Gasteiger partial charge in [-0.2, -0.15) is 4.31 Å². The van der Waals surface area contributed by atoms with Crippen molar-refractivity contribution in [2.75, 3.05) is 26.3 Å². The van der Waals surface area contributed by atoms with E-state index in [9.17, 15) is 18.5 Å². The van der Waals surface area contributed by atoms with Gasteiger partial charge in [0.05, 0.1) is 30.0 Å². The van der Waals surface area contributed by atoms with Gasteiger partial charge in [-0.3, -0.25) is 10.1 Å². The fourth-order valence-electron chi connectivity index (χ4n) is 2.07. The Bertz CT molecular complexity index is 601. The number of aliphatic hydroxyl groups excluding tert-OH is 1. The molecule has 1 fully saturated rings. The molecule has 0 spiro atoms. The van der Waals surface area contributed by atoms with E-state index in [0.29, 0.717) is 5.56 Å². The Morgan fingerprint density at radius 3 is 2.62 bits per heavy atom. The molecule has 0 aromatic heterocycles. The first kappa shape index (κ1) is 15.8. The van der Waals surface area contributed by atoms with Gasteiger partial charge in [0.15, 0.2) is 0 Å². The third-order valence-corrected chi connectivity index (χ3v) is 5.01. The maximum Gasteiger partial charge on any atom is 0.269 e. The highest BCUT2D eigenvalue weighted by molar-refractivity contribution is 7.88. The fraction of sp³-hybridized carbons (Fsp3) is 0.500. The summed E-state index contributed by atoms with van der Waals surface area (Å²) in [6, 6.07) is 5.42. The summed E-state index contributed by atoms with van der Waals surface area (Å²) in [5, 5.41) is 19.6. The number of rotatable bonds is 5. The molecule has 0 amide bonds. The number of sulfonamides is 1. The topological polar surface area (TPSA) is 110 Å². The zero-order chi connectivity index (χ0) is 15.5. The van der Waals surface area contributed by atoms with Crippen LogP contribution in [0.4, 0.5) is 5.69 Å². The largest absolute Gasteiger partial charge is 0.394 e. The predicted molar refractivity (Wildman–Crippen MR) is 74.1 cm³/mol. The van der Waals surface area contributed by atoms with E-state index >= 15 is 0 Å². The number of hydrogen-bond acceptors (Lipinski definition) is 6. The second-order valence-electron chi connectivity index (χ2n) is 4.71. The molecule has 0 aliphatic carbocycles. The first-order chi connectivity index (χ1) is 9.92. The maximum atomic E-state index is 12.3. The van der Waals surface area contributed by atoms with E-state index in [4.69, 9.17) is 9.84 Å². The maximum absolute atomic E-state index is 12.3. The average Bonchev–Trinajstić information content (AvgIpc) is 2.47. The molecule has 1 unspecified atom stereocenters. The van der Waals surface area contributed by atoms with E-state index in [1.165, 1.54) is 28.6 Å². The highest BCUT2D eigenvalue weighted by atomic mass is 32.2. The fourth-order valence-corrected chi connectivity index (χ4v) is 3.61. The van der Waals surface area contributed by atoms with Crippen molar-refractivity contribution in [1.82, 2.24) is 4.31 Å². The smallest absolute Gasteiger partial charge is 0.269 e. The van der Waals surface area contributed by atoms with Crippen LogP contribution in [-0.4, -0.2) is 55.2 Å². The van der Waals surface area contributed by atoms with Gasteiger partial charge < -0.3 is 9.84 Å². The Hall–Kier alpha value is -1.55. The number of benzene rings is 1. The van der Waals surface area contributed by atoms with Crippen molar-refractivity contribution in [2.45, 2.75) is 11.9 Å².